The molecule has 1 aliphatic rings. The first-order valence-corrected chi connectivity index (χ1v) is 8.04. The fourth-order valence-electron chi connectivity index (χ4n) is 2.17. The van der Waals surface area contributed by atoms with Crippen LogP contribution in [0.4, 0.5) is 0 Å². The summed E-state index contributed by atoms with van der Waals surface area (Å²) in [4.78, 5) is 2.33. The van der Waals surface area contributed by atoms with E-state index in [4.69, 9.17) is 0 Å². The summed E-state index contributed by atoms with van der Waals surface area (Å²) in [6.07, 6.45) is 0. The Bertz CT molecular complexity index is 352. The molecular formula is C12H27N3O2S. The predicted octanol–water partition coefficient (Wildman–Crippen LogP) is 0.893. The van der Waals surface area contributed by atoms with Gasteiger partial charge in [-0.3, -0.25) is 0 Å². The molecule has 0 spiro atoms. The molecule has 1 saturated heterocycles. The first-order valence-electron chi connectivity index (χ1n) is 6.60. The zero-order chi connectivity index (χ0) is 14.0. The normalized spacial score (nSPS) is 20.6. The van der Waals surface area contributed by atoms with Gasteiger partial charge < -0.3 is 4.90 Å². The lowest BCUT2D eigenvalue weighted by atomic mass is 9.96. The van der Waals surface area contributed by atoms with E-state index in [1.165, 1.54) is 0 Å². The Labute approximate surface area is 112 Å². The minimum atomic E-state index is -3.29. The molecule has 5 nitrogen and oxygen atoms in total. The van der Waals surface area contributed by atoms with Gasteiger partial charge in [0.1, 0.15) is 0 Å². The summed E-state index contributed by atoms with van der Waals surface area (Å²) in [6, 6.07) is -0.0531. The van der Waals surface area contributed by atoms with Gasteiger partial charge in [0, 0.05) is 38.8 Å². The molecule has 0 aliphatic carbocycles. The highest BCUT2D eigenvalue weighted by molar-refractivity contribution is 7.87. The van der Waals surface area contributed by atoms with E-state index < -0.39 is 10.2 Å². The molecule has 0 aromatic heterocycles. The smallest absolute Gasteiger partial charge is 0.279 e. The summed E-state index contributed by atoms with van der Waals surface area (Å²) in [5.74, 6) is 0. The second kappa shape index (κ2) is 5.86. The molecule has 18 heavy (non-hydrogen) atoms. The summed E-state index contributed by atoms with van der Waals surface area (Å²) in [5.41, 5.74) is 0.261. The van der Waals surface area contributed by atoms with Gasteiger partial charge >= 0.3 is 0 Å². The zero-order valence-corrected chi connectivity index (χ0v) is 13.0. The van der Waals surface area contributed by atoms with Crippen molar-refractivity contribution in [3.63, 3.8) is 0 Å². The van der Waals surface area contributed by atoms with E-state index >= 15 is 0 Å². The Morgan fingerprint density at radius 2 is 1.61 bits per heavy atom. The lowest BCUT2D eigenvalue weighted by molar-refractivity contribution is 0.140. The molecule has 0 atom stereocenters. The van der Waals surface area contributed by atoms with Crippen LogP contribution in [0.25, 0.3) is 0 Å². The van der Waals surface area contributed by atoms with Gasteiger partial charge in [-0.2, -0.15) is 17.4 Å². The monoisotopic (exact) mass is 277 g/mol. The van der Waals surface area contributed by atoms with E-state index in [0.29, 0.717) is 13.1 Å². The van der Waals surface area contributed by atoms with Crippen LogP contribution in [0.15, 0.2) is 0 Å². The highest BCUT2D eigenvalue weighted by Gasteiger charge is 2.28. The molecule has 0 amide bonds. The minimum Gasteiger partial charge on any atom is -0.300 e. The molecule has 108 valence electrons. The molecule has 0 saturated carbocycles. The highest BCUT2D eigenvalue weighted by atomic mass is 32.2. The molecule has 1 aliphatic heterocycles. The molecular weight excluding hydrogens is 250 g/mol. The van der Waals surface area contributed by atoms with Crippen molar-refractivity contribution in [2.24, 2.45) is 5.41 Å². The molecule has 0 unspecified atom stereocenters. The summed E-state index contributed by atoms with van der Waals surface area (Å²) in [5, 5.41) is 0. The lowest BCUT2D eigenvalue weighted by Crippen LogP contribution is -2.54. The first kappa shape index (κ1) is 15.9. The molecule has 0 bridgehead atoms. The van der Waals surface area contributed by atoms with E-state index in [1.54, 1.807) is 4.31 Å². The maximum absolute atomic E-state index is 12.0. The third-order valence-corrected chi connectivity index (χ3v) is 4.57. The second-order valence-electron chi connectivity index (χ2n) is 6.51. The average Bonchev–Trinajstić information content (AvgIpc) is 2.13. The topological polar surface area (TPSA) is 52.7 Å². The van der Waals surface area contributed by atoms with Crippen molar-refractivity contribution < 1.29 is 8.42 Å². The third kappa shape index (κ3) is 5.22. The number of nitrogens with one attached hydrogen (secondary N) is 1. The van der Waals surface area contributed by atoms with Crippen molar-refractivity contribution in [2.45, 2.75) is 40.7 Å². The van der Waals surface area contributed by atoms with Gasteiger partial charge in [-0.1, -0.05) is 20.8 Å². The van der Waals surface area contributed by atoms with Crippen LogP contribution in [-0.2, 0) is 10.2 Å². The quantitative estimate of drug-likeness (QED) is 0.830. The summed E-state index contributed by atoms with van der Waals surface area (Å²) in [6.45, 7) is 14.1. The maximum Gasteiger partial charge on any atom is 0.279 e. The molecule has 1 fully saturated rings. The minimum absolute atomic E-state index is 0.0531. The van der Waals surface area contributed by atoms with Crippen LogP contribution in [0.1, 0.15) is 34.6 Å². The highest BCUT2D eigenvalue weighted by Crippen LogP contribution is 2.17. The van der Waals surface area contributed by atoms with Gasteiger partial charge in [0.2, 0.25) is 0 Å². The molecule has 1 rings (SSSR count). The van der Waals surface area contributed by atoms with Gasteiger partial charge in [0.25, 0.3) is 10.2 Å². The van der Waals surface area contributed by atoms with Gasteiger partial charge in [0.15, 0.2) is 0 Å². The standard InChI is InChI=1S/C12H27N3O2S/c1-11(2)13-18(16,17)15-8-6-14(7-9-15)10-12(3,4)5/h11,13H,6-10H2,1-5H3. The fraction of sp³-hybridized carbons (Fsp3) is 1.00. The number of rotatable bonds is 4. The van der Waals surface area contributed by atoms with Crippen molar-refractivity contribution in [3.05, 3.63) is 0 Å². The van der Waals surface area contributed by atoms with E-state index in [2.05, 4.69) is 30.4 Å². The first-order chi connectivity index (χ1) is 8.10. The van der Waals surface area contributed by atoms with Gasteiger partial charge in [-0.05, 0) is 19.3 Å². The van der Waals surface area contributed by atoms with Crippen molar-refractivity contribution in [1.82, 2.24) is 13.9 Å². The molecule has 1 heterocycles. The predicted molar refractivity (Wildman–Crippen MR) is 74.7 cm³/mol. The summed E-state index contributed by atoms with van der Waals surface area (Å²) in [7, 11) is -3.29. The molecule has 0 radical (unpaired) electrons. The Morgan fingerprint density at radius 3 is 2.00 bits per heavy atom. The molecule has 0 aromatic rings. The van der Waals surface area contributed by atoms with Crippen LogP contribution in [0, 0.1) is 5.41 Å². The largest absolute Gasteiger partial charge is 0.300 e. The van der Waals surface area contributed by atoms with Crippen LogP contribution in [0.3, 0.4) is 0 Å². The van der Waals surface area contributed by atoms with Gasteiger partial charge in [-0.15, -0.1) is 0 Å². The average molecular weight is 277 g/mol. The summed E-state index contributed by atoms with van der Waals surface area (Å²) >= 11 is 0. The Balaban J connectivity index is 2.49. The van der Waals surface area contributed by atoms with Crippen LogP contribution in [0.5, 0.6) is 0 Å². The molecule has 0 aromatic carbocycles. The lowest BCUT2D eigenvalue weighted by Gasteiger charge is -2.37. The number of piperazine rings is 1. The molecule has 6 heteroatoms. The zero-order valence-electron chi connectivity index (χ0n) is 12.2. The van der Waals surface area contributed by atoms with Crippen molar-refractivity contribution in [2.75, 3.05) is 32.7 Å². The Kier molecular flexibility index (Phi) is 5.17. The van der Waals surface area contributed by atoms with Crippen molar-refractivity contribution in [3.8, 4) is 0 Å². The van der Waals surface area contributed by atoms with E-state index in [9.17, 15) is 8.42 Å². The van der Waals surface area contributed by atoms with Crippen LogP contribution in [-0.4, -0.2) is 56.4 Å². The van der Waals surface area contributed by atoms with Crippen LogP contribution >= 0.6 is 0 Å². The van der Waals surface area contributed by atoms with E-state index in [1.807, 2.05) is 13.8 Å². The fourth-order valence-corrected chi connectivity index (χ4v) is 3.56. The van der Waals surface area contributed by atoms with Crippen LogP contribution < -0.4 is 4.72 Å². The maximum atomic E-state index is 12.0. The Morgan fingerprint density at radius 1 is 1.11 bits per heavy atom. The Hall–Kier alpha value is -0.170. The number of hydrogen-bond donors (Lipinski definition) is 1. The van der Waals surface area contributed by atoms with E-state index in [-0.39, 0.29) is 11.5 Å². The van der Waals surface area contributed by atoms with Gasteiger partial charge in [0.05, 0.1) is 0 Å². The van der Waals surface area contributed by atoms with Crippen molar-refractivity contribution >= 4 is 10.2 Å². The molecule has 1 N–H and O–H groups in total. The van der Waals surface area contributed by atoms with Crippen molar-refractivity contribution in [1.29, 1.82) is 0 Å². The SMILES string of the molecule is CC(C)NS(=O)(=O)N1CCN(CC(C)(C)C)CC1. The second-order valence-corrected chi connectivity index (χ2v) is 8.22. The number of nitrogens with zero attached hydrogens (tertiary/aromatic N) is 2. The van der Waals surface area contributed by atoms with Crippen LogP contribution in [0.2, 0.25) is 0 Å². The van der Waals surface area contributed by atoms with Gasteiger partial charge in [-0.25, -0.2) is 0 Å². The van der Waals surface area contributed by atoms with E-state index in [0.717, 1.165) is 19.6 Å². The number of hydrogen-bond acceptors (Lipinski definition) is 3. The summed E-state index contributed by atoms with van der Waals surface area (Å²) < 4.78 is 28.1. The third-order valence-electron chi connectivity index (χ3n) is 2.75.